The van der Waals surface area contributed by atoms with Crippen molar-refractivity contribution < 1.29 is 8.42 Å². The minimum atomic E-state index is -3.16. The average molecular weight is 260 g/mol. The van der Waals surface area contributed by atoms with Gasteiger partial charge in [0, 0.05) is 17.7 Å². The summed E-state index contributed by atoms with van der Waals surface area (Å²) in [6.45, 7) is 3.69. The molecule has 0 aromatic carbocycles. The molecular formula is C8H18ClNO2S2. The van der Waals surface area contributed by atoms with E-state index < -0.39 is 10.0 Å². The summed E-state index contributed by atoms with van der Waals surface area (Å²) in [5.74, 6) is 1.26. The van der Waals surface area contributed by atoms with E-state index in [1.54, 1.807) is 11.8 Å². The standard InChI is InChI=1S/C8H18ClNO2S2/c1-7(4-9)6-14(11,12)10-8(2)5-13-3/h7-8,10H,4-6H2,1-3H3. The summed E-state index contributed by atoms with van der Waals surface area (Å²) in [7, 11) is -3.16. The highest BCUT2D eigenvalue weighted by atomic mass is 35.5. The molecule has 0 aromatic heterocycles. The third-order valence-electron chi connectivity index (χ3n) is 1.56. The highest BCUT2D eigenvalue weighted by molar-refractivity contribution is 7.98. The van der Waals surface area contributed by atoms with Gasteiger partial charge in [0.1, 0.15) is 0 Å². The fraction of sp³-hybridized carbons (Fsp3) is 1.00. The van der Waals surface area contributed by atoms with Gasteiger partial charge in [-0.2, -0.15) is 11.8 Å². The van der Waals surface area contributed by atoms with Gasteiger partial charge in [-0.05, 0) is 19.1 Å². The van der Waals surface area contributed by atoms with Crippen LogP contribution in [0.3, 0.4) is 0 Å². The van der Waals surface area contributed by atoms with Gasteiger partial charge in [-0.25, -0.2) is 13.1 Å². The van der Waals surface area contributed by atoms with Crippen LogP contribution in [0.2, 0.25) is 0 Å². The maximum Gasteiger partial charge on any atom is 0.212 e. The van der Waals surface area contributed by atoms with Crippen LogP contribution < -0.4 is 4.72 Å². The number of rotatable bonds is 7. The van der Waals surface area contributed by atoms with E-state index in [0.29, 0.717) is 5.88 Å². The summed E-state index contributed by atoms with van der Waals surface area (Å²) in [4.78, 5) is 0. The van der Waals surface area contributed by atoms with Crippen molar-refractivity contribution in [1.82, 2.24) is 4.72 Å². The topological polar surface area (TPSA) is 46.2 Å². The highest BCUT2D eigenvalue weighted by Gasteiger charge is 2.17. The normalized spacial score (nSPS) is 16.6. The predicted octanol–water partition coefficient (Wildman–Crippen LogP) is 1.53. The molecule has 0 aromatic rings. The lowest BCUT2D eigenvalue weighted by molar-refractivity contribution is 0.559. The molecule has 0 fully saturated rings. The van der Waals surface area contributed by atoms with Gasteiger partial charge in [0.25, 0.3) is 0 Å². The van der Waals surface area contributed by atoms with E-state index >= 15 is 0 Å². The SMILES string of the molecule is CSCC(C)NS(=O)(=O)CC(C)CCl. The summed E-state index contributed by atoms with van der Waals surface area (Å²) in [6.07, 6.45) is 1.95. The fourth-order valence-electron chi connectivity index (χ4n) is 1.06. The predicted molar refractivity (Wildman–Crippen MR) is 64.7 cm³/mol. The first-order chi connectivity index (χ1) is 6.41. The third kappa shape index (κ3) is 6.92. The Labute approximate surface area is 96.0 Å². The molecule has 3 nitrogen and oxygen atoms in total. The molecule has 0 aliphatic carbocycles. The maximum atomic E-state index is 11.5. The van der Waals surface area contributed by atoms with E-state index in [4.69, 9.17) is 11.6 Å². The summed E-state index contributed by atoms with van der Waals surface area (Å²) in [5.41, 5.74) is 0. The Bertz CT molecular complexity index is 244. The van der Waals surface area contributed by atoms with Crippen LogP contribution in [-0.4, -0.2) is 38.1 Å². The summed E-state index contributed by atoms with van der Waals surface area (Å²) >= 11 is 7.18. The minimum Gasteiger partial charge on any atom is -0.212 e. The lowest BCUT2D eigenvalue weighted by Gasteiger charge is -2.14. The molecule has 0 spiro atoms. The first-order valence-electron chi connectivity index (χ1n) is 4.46. The Balaban J connectivity index is 4.07. The molecular weight excluding hydrogens is 242 g/mol. The molecule has 0 amide bonds. The van der Waals surface area contributed by atoms with Crippen molar-refractivity contribution in [2.75, 3.05) is 23.6 Å². The van der Waals surface area contributed by atoms with Crippen LogP contribution in [0.4, 0.5) is 0 Å². The van der Waals surface area contributed by atoms with E-state index in [9.17, 15) is 8.42 Å². The number of sulfonamides is 1. The maximum absolute atomic E-state index is 11.5. The first kappa shape index (κ1) is 14.6. The van der Waals surface area contributed by atoms with Gasteiger partial charge in [0.05, 0.1) is 5.75 Å². The molecule has 1 N–H and O–H groups in total. The molecule has 0 aliphatic rings. The molecule has 0 saturated heterocycles. The van der Waals surface area contributed by atoms with Crippen molar-refractivity contribution in [2.24, 2.45) is 5.92 Å². The Kier molecular flexibility index (Phi) is 7.20. The molecule has 0 saturated carbocycles. The van der Waals surface area contributed by atoms with Crippen molar-refractivity contribution in [3.05, 3.63) is 0 Å². The number of alkyl halides is 1. The molecule has 0 radical (unpaired) electrons. The van der Waals surface area contributed by atoms with Crippen LogP contribution in [0.5, 0.6) is 0 Å². The van der Waals surface area contributed by atoms with Crippen LogP contribution in [0.25, 0.3) is 0 Å². The van der Waals surface area contributed by atoms with Crippen molar-refractivity contribution >= 4 is 33.4 Å². The van der Waals surface area contributed by atoms with Crippen LogP contribution in [0.1, 0.15) is 13.8 Å². The molecule has 0 rings (SSSR count). The molecule has 2 atom stereocenters. The molecule has 0 aliphatic heterocycles. The number of hydrogen-bond donors (Lipinski definition) is 1. The van der Waals surface area contributed by atoms with Crippen molar-refractivity contribution in [3.63, 3.8) is 0 Å². The van der Waals surface area contributed by atoms with Crippen molar-refractivity contribution in [1.29, 1.82) is 0 Å². The smallest absolute Gasteiger partial charge is 0.212 e. The first-order valence-corrected chi connectivity index (χ1v) is 8.04. The summed E-state index contributed by atoms with van der Waals surface area (Å²) < 4.78 is 25.6. The summed E-state index contributed by atoms with van der Waals surface area (Å²) in [5, 5.41) is 0. The second-order valence-corrected chi connectivity index (χ2v) is 6.53. The molecule has 0 heterocycles. The van der Waals surface area contributed by atoms with E-state index in [0.717, 1.165) is 5.75 Å². The highest BCUT2D eigenvalue weighted by Crippen LogP contribution is 2.04. The molecule has 2 unspecified atom stereocenters. The zero-order valence-electron chi connectivity index (χ0n) is 8.79. The quantitative estimate of drug-likeness (QED) is 0.706. The molecule has 86 valence electrons. The molecule has 6 heteroatoms. The van der Waals surface area contributed by atoms with E-state index in [-0.39, 0.29) is 17.7 Å². The van der Waals surface area contributed by atoms with E-state index in [1.165, 1.54) is 0 Å². The van der Waals surface area contributed by atoms with Gasteiger partial charge < -0.3 is 0 Å². The zero-order valence-corrected chi connectivity index (χ0v) is 11.2. The Morgan fingerprint density at radius 2 is 2.00 bits per heavy atom. The van der Waals surface area contributed by atoms with Crippen LogP contribution in [0, 0.1) is 5.92 Å². The minimum absolute atomic E-state index is 0.00403. The lowest BCUT2D eigenvalue weighted by Crippen LogP contribution is -2.37. The zero-order chi connectivity index (χ0) is 11.2. The lowest BCUT2D eigenvalue weighted by atomic mass is 10.3. The average Bonchev–Trinajstić information content (AvgIpc) is 2.02. The van der Waals surface area contributed by atoms with Crippen molar-refractivity contribution in [2.45, 2.75) is 19.9 Å². The Hall–Kier alpha value is 0.550. The second-order valence-electron chi connectivity index (χ2n) is 3.52. The van der Waals surface area contributed by atoms with Gasteiger partial charge in [0.2, 0.25) is 10.0 Å². The molecule has 14 heavy (non-hydrogen) atoms. The molecule has 0 bridgehead atoms. The fourth-order valence-corrected chi connectivity index (χ4v) is 3.64. The summed E-state index contributed by atoms with van der Waals surface area (Å²) in [6, 6.07) is -0.0162. The number of thioether (sulfide) groups is 1. The van der Waals surface area contributed by atoms with Gasteiger partial charge >= 0.3 is 0 Å². The van der Waals surface area contributed by atoms with Gasteiger partial charge in [-0.15, -0.1) is 11.6 Å². The van der Waals surface area contributed by atoms with Crippen LogP contribution in [0.15, 0.2) is 0 Å². The van der Waals surface area contributed by atoms with Gasteiger partial charge in [-0.3, -0.25) is 0 Å². The number of hydrogen-bond acceptors (Lipinski definition) is 3. The number of nitrogens with one attached hydrogen (secondary N) is 1. The number of halogens is 1. The van der Waals surface area contributed by atoms with Crippen LogP contribution >= 0.6 is 23.4 Å². The Morgan fingerprint density at radius 3 is 2.43 bits per heavy atom. The van der Waals surface area contributed by atoms with E-state index in [1.807, 2.05) is 20.1 Å². The monoisotopic (exact) mass is 259 g/mol. The van der Waals surface area contributed by atoms with Crippen LogP contribution in [-0.2, 0) is 10.0 Å². The second kappa shape index (κ2) is 6.93. The van der Waals surface area contributed by atoms with E-state index in [2.05, 4.69) is 4.72 Å². The largest absolute Gasteiger partial charge is 0.212 e. The van der Waals surface area contributed by atoms with Gasteiger partial charge in [0.15, 0.2) is 0 Å². The Morgan fingerprint density at radius 1 is 1.43 bits per heavy atom. The van der Waals surface area contributed by atoms with Crippen molar-refractivity contribution in [3.8, 4) is 0 Å². The third-order valence-corrected chi connectivity index (χ3v) is 4.69. The van der Waals surface area contributed by atoms with Gasteiger partial charge in [-0.1, -0.05) is 6.92 Å².